The lowest BCUT2D eigenvalue weighted by Gasteiger charge is -2.02. The van der Waals surface area contributed by atoms with Crippen molar-refractivity contribution in [2.45, 2.75) is 6.18 Å². The highest BCUT2D eigenvalue weighted by Gasteiger charge is 2.34. The molecule has 0 spiro atoms. The second-order valence-corrected chi connectivity index (χ2v) is 4.45. The number of halogens is 3. The number of fused-ring (bicyclic) bond motifs is 1. The van der Waals surface area contributed by atoms with Crippen LogP contribution in [-0.2, 0) is 0 Å². The molecule has 96 valence electrons. The summed E-state index contributed by atoms with van der Waals surface area (Å²) < 4.78 is 42.3. The van der Waals surface area contributed by atoms with Crippen molar-refractivity contribution >= 4 is 27.6 Å². The summed E-state index contributed by atoms with van der Waals surface area (Å²) in [5.74, 6) is -1.18. The Bertz CT molecular complexity index is 604. The van der Waals surface area contributed by atoms with Crippen LogP contribution in [0.1, 0.15) is 5.01 Å². The number of nitrogens with zero attached hydrogens (tertiary/aromatic N) is 1. The molecule has 0 saturated heterocycles. The number of hydrogen-bond acceptors (Lipinski definition) is 4. The molecule has 0 atom stereocenters. The predicted molar refractivity (Wildman–Crippen MR) is 62.8 cm³/mol. The highest BCUT2D eigenvalue weighted by atomic mass is 32.1. The fraction of sp³-hybridized carbons (Fsp3) is 0.182. The molecule has 0 amide bonds. The number of aliphatic hydroxyl groups is 1. The summed E-state index contributed by atoms with van der Waals surface area (Å²) in [6, 6.07) is 5.10. The van der Waals surface area contributed by atoms with Gasteiger partial charge in [-0.05, 0) is 12.1 Å². The van der Waals surface area contributed by atoms with Crippen LogP contribution in [0.15, 0.2) is 24.0 Å². The zero-order valence-electron chi connectivity index (χ0n) is 9.15. The number of methoxy groups -OCH3 is 1. The number of ether oxygens (including phenoxy) is 1. The molecule has 0 aliphatic carbocycles. The van der Waals surface area contributed by atoms with E-state index in [4.69, 9.17) is 9.84 Å². The lowest BCUT2D eigenvalue weighted by Crippen LogP contribution is -2.10. The molecule has 0 aliphatic rings. The number of aromatic nitrogens is 1. The van der Waals surface area contributed by atoms with Crippen LogP contribution in [-0.4, -0.2) is 23.4 Å². The molecular weight excluding hydrogens is 267 g/mol. The molecule has 2 aromatic rings. The van der Waals surface area contributed by atoms with Crippen LogP contribution in [0.4, 0.5) is 13.2 Å². The Hall–Kier alpha value is -1.76. The second kappa shape index (κ2) is 4.49. The first-order valence-electron chi connectivity index (χ1n) is 4.83. The molecule has 3 nitrogen and oxygen atoms in total. The summed E-state index contributed by atoms with van der Waals surface area (Å²) in [6.45, 7) is 0. The first-order chi connectivity index (χ1) is 8.41. The Labute approximate surface area is 104 Å². The topological polar surface area (TPSA) is 42.4 Å². The minimum Gasteiger partial charge on any atom is -0.504 e. The van der Waals surface area contributed by atoms with Gasteiger partial charge in [0.1, 0.15) is 16.3 Å². The molecule has 2 rings (SSSR count). The highest BCUT2D eigenvalue weighted by molar-refractivity contribution is 7.19. The molecule has 1 N–H and O–H groups in total. The minimum absolute atomic E-state index is 0.0734. The Kier molecular flexibility index (Phi) is 3.16. The molecule has 0 saturated carbocycles. The van der Waals surface area contributed by atoms with Crippen molar-refractivity contribution in [1.29, 1.82) is 0 Å². The summed E-state index contributed by atoms with van der Waals surface area (Å²) in [5.41, 5.74) is 0.478. The maximum atomic E-state index is 12.2. The monoisotopic (exact) mass is 275 g/mol. The molecule has 1 aromatic heterocycles. The van der Waals surface area contributed by atoms with Crippen molar-refractivity contribution in [2.75, 3.05) is 7.11 Å². The molecule has 7 heteroatoms. The Morgan fingerprint density at radius 1 is 1.44 bits per heavy atom. The number of allylic oxidation sites excluding steroid dienone is 1. The van der Waals surface area contributed by atoms with Gasteiger partial charge in [0.2, 0.25) is 5.76 Å². The van der Waals surface area contributed by atoms with E-state index in [1.165, 1.54) is 7.11 Å². The number of aliphatic hydroxyl groups excluding tert-OH is 1. The fourth-order valence-electron chi connectivity index (χ4n) is 1.37. The summed E-state index contributed by atoms with van der Waals surface area (Å²) >= 11 is 1.04. The number of rotatable bonds is 2. The zero-order valence-corrected chi connectivity index (χ0v) is 9.97. The van der Waals surface area contributed by atoms with Crippen molar-refractivity contribution in [1.82, 2.24) is 4.98 Å². The predicted octanol–water partition coefficient (Wildman–Crippen LogP) is 3.77. The van der Waals surface area contributed by atoms with Crippen molar-refractivity contribution < 1.29 is 23.0 Å². The number of benzene rings is 1. The molecule has 18 heavy (non-hydrogen) atoms. The van der Waals surface area contributed by atoms with Gasteiger partial charge in [0.05, 0.1) is 11.8 Å². The van der Waals surface area contributed by atoms with Gasteiger partial charge in [-0.25, -0.2) is 4.98 Å². The maximum absolute atomic E-state index is 12.2. The van der Waals surface area contributed by atoms with E-state index < -0.39 is 11.9 Å². The summed E-state index contributed by atoms with van der Waals surface area (Å²) in [4.78, 5) is 3.99. The molecule has 1 heterocycles. The zero-order chi connectivity index (χ0) is 13.3. The number of hydrogen-bond donors (Lipinski definition) is 1. The number of alkyl halides is 3. The fourth-order valence-corrected chi connectivity index (χ4v) is 2.29. The van der Waals surface area contributed by atoms with Gasteiger partial charge in [0.15, 0.2) is 0 Å². The van der Waals surface area contributed by atoms with Crippen LogP contribution in [0.25, 0.3) is 16.3 Å². The van der Waals surface area contributed by atoms with Gasteiger partial charge in [0.25, 0.3) is 0 Å². The van der Waals surface area contributed by atoms with E-state index in [0.717, 1.165) is 11.3 Å². The van der Waals surface area contributed by atoms with Crippen LogP contribution in [0.5, 0.6) is 5.75 Å². The van der Waals surface area contributed by atoms with Gasteiger partial charge >= 0.3 is 6.18 Å². The number of thiazole rings is 1. The first-order valence-corrected chi connectivity index (χ1v) is 5.65. The quantitative estimate of drug-likeness (QED) is 0.848. The van der Waals surface area contributed by atoms with E-state index >= 15 is 0 Å². The van der Waals surface area contributed by atoms with E-state index in [1.807, 2.05) is 0 Å². The van der Waals surface area contributed by atoms with E-state index in [1.54, 1.807) is 18.2 Å². The van der Waals surface area contributed by atoms with E-state index in [0.29, 0.717) is 22.0 Å². The summed E-state index contributed by atoms with van der Waals surface area (Å²) in [6.07, 6.45) is -4.16. The lowest BCUT2D eigenvalue weighted by molar-refractivity contribution is -0.119. The van der Waals surface area contributed by atoms with Crippen LogP contribution in [0, 0.1) is 0 Å². The van der Waals surface area contributed by atoms with Crippen LogP contribution in [0.2, 0.25) is 0 Å². The molecule has 1 aromatic carbocycles. The van der Waals surface area contributed by atoms with E-state index in [-0.39, 0.29) is 5.01 Å². The van der Waals surface area contributed by atoms with Crippen molar-refractivity contribution in [3.8, 4) is 5.75 Å². The average molecular weight is 275 g/mol. The van der Waals surface area contributed by atoms with Crippen LogP contribution < -0.4 is 4.74 Å². The first kappa shape index (κ1) is 12.7. The van der Waals surface area contributed by atoms with Gasteiger partial charge in [-0.1, -0.05) is 6.07 Å². The number of para-hydroxylation sites is 1. The third kappa shape index (κ3) is 2.40. The van der Waals surface area contributed by atoms with Gasteiger partial charge < -0.3 is 9.84 Å². The van der Waals surface area contributed by atoms with Gasteiger partial charge in [-0.15, -0.1) is 11.3 Å². The van der Waals surface area contributed by atoms with E-state index in [9.17, 15) is 13.2 Å². The SMILES string of the molecule is COc1cccc2sc(C=C(O)C(F)(F)F)nc12. The molecule has 0 fully saturated rings. The smallest absolute Gasteiger partial charge is 0.448 e. The van der Waals surface area contributed by atoms with Gasteiger partial charge in [-0.2, -0.15) is 13.2 Å². The van der Waals surface area contributed by atoms with Crippen molar-refractivity contribution in [3.63, 3.8) is 0 Å². The summed E-state index contributed by atoms with van der Waals surface area (Å²) in [5, 5.41) is 8.94. The third-order valence-electron chi connectivity index (χ3n) is 2.17. The molecule has 0 aliphatic heterocycles. The van der Waals surface area contributed by atoms with Crippen LogP contribution in [0.3, 0.4) is 0 Å². The molecule has 0 radical (unpaired) electrons. The van der Waals surface area contributed by atoms with Crippen molar-refractivity contribution in [3.05, 3.63) is 29.0 Å². The maximum Gasteiger partial charge on any atom is 0.448 e. The normalized spacial score (nSPS) is 13.0. The van der Waals surface area contributed by atoms with Crippen molar-refractivity contribution in [2.24, 2.45) is 0 Å². The Morgan fingerprint density at radius 3 is 2.78 bits per heavy atom. The summed E-state index contributed by atoms with van der Waals surface area (Å²) in [7, 11) is 1.46. The van der Waals surface area contributed by atoms with E-state index in [2.05, 4.69) is 4.98 Å². The largest absolute Gasteiger partial charge is 0.504 e. The molecular formula is C11H8F3NO2S. The average Bonchev–Trinajstić information content (AvgIpc) is 2.69. The standard InChI is InChI=1S/C11H8F3NO2S/c1-17-6-3-2-4-7-10(6)15-9(18-7)5-8(16)11(12,13)14/h2-5,16H,1H3. The molecule has 0 bridgehead atoms. The van der Waals surface area contributed by atoms with Gasteiger partial charge in [0, 0.05) is 6.08 Å². The van der Waals surface area contributed by atoms with Crippen LogP contribution >= 0.6 is 11.3 Å². The van der Waals surface area contributed by atoms with Gasteiger partial charge in [-0.3, -0.25) is 0 Å². The Morgan fingerprint density at radius 2 is 2.17 bits per heavy atom. The Balaban J connectivity index is 2.49. The lowest BCUT2D eigenvalue weighted by atomic mass is 10.3. The highest BCUT2D eigenvalue weighted by Crippen LogP contribution is 2.32. The second-order valence-electron chi connectivity index (χ2n) is 3.39. The minimum atomic E-state index is -4.76. The third-order valence-corrected chi connectivity index (χ3v) is 3.14. The molecule has 0 unspecified atom stereocenters.